The molecule has 5 nitrogen and oxygen atoms in total. The highest BCUT2D eigenvalue weighted by molar-refractivity contribution is 5.96. The van der Waals surface area contributed by atoms with E-state index < -0.39 is 5.97 Å². The number of aliphatic carboxylic acids is 1. The third-order valence-corrected chi connectivity index (χ3v) is 2.90. The highest BCUT2D eigenvalue weighted by Gasteiger charge is 2.26. The summed E-state index contributed by atoms with van der Waals surface area (Å²) in [6, 6.07) is 4.81. The van der Waals surface area contributed by atoms with Crippen molar-refractivity contribution in [2.75, 3.05) is 5.32 Å². The summed E-state index contributed by atoms with van der Waals surface area (Å²) in [7, 11) is 0. The van der Waals surface area contributed by atoms with Gasteiger partial charge < -0.3 is 15.5 Å². The molecule has 5 heteroatoms. The molecule has 1 aromatic rings. The number of hydrogen-bond donors (Lipinski definition) is 3. The lowest BCUT2D eigenvalue weighted by molar-refractivity contribution is -0.137. The van der Waals surface area contributed by atoms with Crippen LogP contribution in [-0.2, 0) is 16.0 Å². The maximum absolute atomic E-state index is 11.7. The molecular weight excluding hydrogens is 222 g/mol. The fraction of sp³-hybridized carbons (Fsp3) is 0.333. The van der Waals surface area contributed by atoms with Crippen LogP contribution >= 0.6 is 0 Å². The van der Waals surface area contributed by atoms with Crippen LogP contribution in [0.15, 0.2) is 18.2 Å². The normalized spacial score (nSPS) is 18.4. The number of carbonyl (C=O) groups is 2. The van der Waals surface area contributed by atoms with Gasteiger partial charge in [-0.15, -0.1) is 0 Å². The first-order valence-electron chi connectivity index (χ1n) is 5.41. The number of nitrogens with one attached hydrogen (secondary N) is 1. The molecule has 1 unspecified atom stereocenters. The zero-order valence-corrected chi connectivity index (χ0v) is 9.14. The van der Waals surface area contributed by atoms with Gasteiger partial charge >= 0.3 is 5.97 Å². The largest absolute Gasteiger partial charge is 0.508 e. The fourth-order valence-corrected chi connectivity index (χ4v) is 1.98. The fourth-order valence-electron chi connectivity index (χ4n) is 1.98. The second-order valence-electron chi connectivity index (χ2n) is 4.16. The van der Waals surface area contributed by atoms with E-state index in [-0.39, 0.29) is 24.0 Å². The molecule has 1 aliphatic rings. The molecule has 1 heterocycles. The van der Waals surface area contributed by atoms with Crippen molar-refractivity contribution in [3.63, 3.8) is 0 Å². The van der Waals surface area contributed by atoms with Crippen molar-refractivity contribution in [1.82, 2.24) is 0 Å². The number of carboxylic acids is 1. The summed E-state index contributed by atoms with van der Waals surface area (Å²) < 4.78 is 0. The lowest BCUT2D eigenvalue weighted by Gasteiger charge is -2.24. The topological polar surface area (TPSA) is 86.6 Å². The van der Waals surface area contributed by atoms with Gasteiger partial charge in [-0.1, -0.05) is 6.07 Å². The Morgan fingerprint density at radius 2 is 2.24 bits per heavy atom. The minimum absolute atomic E-state index is 0.00843. The number of aromatic hydroxyl groups is 1. The molecule has 17 heavy (non-hydrogen) atoms. The van der Waals surface area contributed by atoms with Gasteiger partial charge in [-0.2, -0.15) is 0 Å². The van der Waals surface area contributed by atoms with E-state index in [1.165, 1.54) is 6.07 Å². The second kappa shape index (κ2) is 4.45. The monoisotopic (exact) mass is 235 g/mol. The van der Waals surface area contributed by atoms with Gasteiger partial charge in [-0.05, 0) is 24.5 Å². The highest BCUT2D eigenvalue weighted by atomic mass is 16.4. The smallest absolute Gasteiger partial charge is 0.303 e. The number of carboxylic acid groups (broad SMARTS) is 1. The van der Waals surface area contributed by atoms with Gasteiger partial charge in [0.15, 0.2) is 0 Å². The molecule has 1 aliphatic heterocycles. The standard InChI is InChI=1S/C12H13NO4/c14-9-3-1-7-5-8(2-4-11(15)16)12(17)13-10(7)6-9/h1,3,6,8,14H,2,4-5H2,(H,13,17)(H,15,16). The van der Waals surface area contributed by atoms with Gasteiger partial charge in [0.05, 0.1) is 0 Å². The molecule has 0 radical (unpaired) electrons. The van der Waals surface area contributed by atoms with Crippen LogP contribution < -0.4 is 5.32 Å². The van der Waals surface area contributed by atoms with Crippen molar-refractivity contribution >= 4 is 17.6 Å². The van der Waals surface area contributed by atoms with Crippen LogP contribution in [0, 0.1) is 5.92 Å². The minimum atomic E-state index is -0.894. The lowest BCUT2D eigenvalue weighted by atomic mass is 9.89. The lowest BCUT2D eigenvalue weighted by Crippen LogP contribution is -2.30. The molecule has 0 saturated carbocycles. The Labute approximate surface area is 98.1 Å². The first-order chi connectivity index (χ1) is 8.06. The highest BCUT2D eigenvalue weighted by Crippen LogP contribution is 2.30. The van der Waals surface area contributed by atoms with Crippen LogP contribution in [0.25, 0.3) is 0 Å². The summed E-state index contributed by atoms with van der Waals surface area (Å²) in [6.07, 6.45) is 0.849. The number of phenolic OH excluding ortho intramolecular Hbond substituents is 1. The van der Waals surface area contributed by atoms with Gasteiger partial charge in [0.1, 0.15) is 5.75 Å². The van der Waals surface area contributed by atoms with Crippen LogP contribution in [0.2, 0.25) is 0 Å². The van der Waals surface area contributed by atoms with Crippen LogP contribution in [0.3, 0.4) is 0 Å². The first kappa shape index (κ1) is 11.4. The number of carbonyl (C=O) groups excluding carboxylic acids is 1. The maximum Gasteiger partial charge on any atom is 0.303 e. The van der Waals surface area contributed by atoms with E-state index in [9.17, 15) is 14.7 Å². The van der Waals surface area contributed by atoms with E-state index in [1.54, 1.807) is 12.1 Å². The molecular formula is C12H13NO4. The molecule has 3 N–H and O–H groups in total. The Bertz CT molecular complexity index is 470. The Hall–Kier alpha value is -2.04. The van der Waals surface area contributed by atoms with Gasteiger partial charge in [0.25, 0.3) is 0 Å². The van der Waals surface area contributed by atoms with Crippen molar-refractivity contribution in [3.8, 4) is 5.75 Å². The number of rotatable bonds is 3. The van der Waals surface area contributed by atoms with Gasteiger partial charge in [0.2, 0.25) is 5.91 Å². The number of hydrogen-bond acceptors (Lipinski definition) is 3. The number of phenols is 1. The Balaban J connectivity index is 2.13. The molecule has 0 aliphatic carbocycles. The van der Waals surface area contributed by atoms with Crippen LogP contribution in [0.1, 0.15) is 18.4 Å². The first-order valence-corrected chi connectivity index (χ1v) is 5.41. The number of amides is 1. The summed E-state index contributed by atoms with van der Waals surface area (Å²) in [5.41, 5.74) is 1.54. The Kier molecular flexibility index (Phi) is 2.99. The van der Waals surface area contributed by atoms with Crippen molar-refractivity contribution < 1.29 is 19.8 Å². The molecule has 0 aromatic heterocycles. The molecule has 90 valence electrons. The zero-order valence-electron chi connectivity index (χ0n) is 9.14. The Morgan fingerprint density at radius 1 is 1.47 bits per heavy atom. The van der Waals surface area contributed by atoms with E-state index in [1.807, 2.05) is 0 Å². The van der Waals surface area contributed by atoms with Crippen molar-refractivity contribution in [2.24, 2.45) is 5.92 Å². The maximum atomic E-state index is 11.7. The van der Waals surface area contributed by atoms with Gasteiger partial charge in [-0.25, -0.2) is 0 Å². The number of anilines is 1. The van der Waals surface area contributed by atoms with Crippen molar-refractivity contribution in [3.05, 3.63) is 23.8 Å². The molecule has 0 spiro atoms. The molecule has 1 atom stereocenters. The Morgan fingerprint density at radius 3 is 2.94 bits per heavy atom. The van der Waals surface area contributed by atoms with Crippen molar-refractivity contribution in [1.29, 1.82) is 0 Å². The van der Waals surface area contributed by atoms with E-state index in [0.717, 1.165) is 5.56 Å². The second-order valence-corrected chi connectivity index (χ2v) is 4.16. The molecule has 0 saturated heterocycles. The average molecular weight is 235 g/mol. The number of fused-ring (bicyclic) bond motifs is 1. The summed E-state index contributed by atoms with van der Waals surface area (Å²) in [5, 5.41) is 20.6. The molecule has 1 amide bonds. The zero-order chi connectivity index (χ0) is 12.4. The van der Waals surface area contributed by atoms with E-state index in [0.29, 0.717) is 18.5 Å². The summed E-state index contributed by atoms with van der Waals surface area (Å²) >= 11 is 0. The van der Waals surface area contributed by atoms with Gasteiger partial charge in [-0.3, -0.25) is 9.59 Å². The predicted octanol–water partition coefficient (Wildman–Crippen LogP) is 1.37. The third kappa shape index (κ3) is 2.55. The molecule has 1 aromatic carbocycles. The molecule has 0 fully saturated rings. The minimum Gasteiger partial charge on any atom is -0.508 e. The quantitative estimate of drug-likeness (QED) is 0.738. The summed E-state index contributed by atoms with van der Waals surface area (Å²) in [6.45, 7) is 0. The summed E-state index contributed by atoms with van der Waals surface area (Å²) in [4.78, 5) is 22.2. The van der Waals surface area contributed by atoms with Crippen molar-refractivity contribution in [2.45, 2.75) is 19.3 Å². The van der Waals surface area contributed by atoms with Crippen LogP contribution in [0.5, 0.6) is 5.75 Å². The molecule has 0 bridgehead atoms. The number of benzene rings is 1. The molecule has 2 rings (SSSR count). The van der Waals surface area contributed by atoms with E-state index in [2.05, 4.69) is 5.32 Å². The predicted molar refractivity (Wildman–Crippen MR) is 60.8 cm³/mol. The summed E-state index contributed by atoms with van der Waals surface area (Å²) in [5.74, 6) is -1.27. The van der Waals surface area contributed by atoms with E-state index in [4.69, 9.17) is 5.11 Å². The van der Waals surface area contributed by atoms with Crippen LogP contribution in [0.4, 0.5) is 5.69 Å². The van der Waals surface area contributed by atoms with Crippen LogP contribution in [-0.4, -0.2) is 22.1 Å². The van der Waals surface area contributed by atoms with Gasteiger partial charge in [0, 0.05) is 24.1 Å². The third-order valence-electron chi connectivity index (χ3n) is 2.90. The average Bonchev–Trinajstić information content (AvgIpc) is 2.26. The van der Waals surface area contributed by atoms with E-state index >= 15 is 0 Å². The SMILES string of the molecule is O=C(O)CCC1Cc2ccc(O)cc2NC1=O.